The highest BCUT2D eigenvalue weighted by molar-refractivity contribution is 5.86. The smallest absolute Gasteiger partial charge is 0.308 e. The average molecular weight is 239 g/mol. The van der Waals surface area contributed by atoms with Crippen molar-refractivity contribution in [3.63, 3.8) is 0 Å². The number of hydrogen-bond donors (Lipinski definition) is 1. The number of likely N-dealkylation sites (tertiary alicyclic amines) is 1. The molecule has 0 bridgehead atoms. The lowest BCUT2D eigenvalue weighted by Gasteiger charge is -2.29. The minimum Gasteiger partial charge on any atom is -0.481 e. The van der Waals surface area contributed by atoms with Gasteiger partial charge in [0.2, 0.25) is 5.91 Å². The number of carboxylic acid groups (broad SMARTS) is 1. The fraction of sp³-hybridized carbons (Fsp3) is 0.846. The first kappa shape index (κ1) is 12.4. The van der Waals surface area contributed by atoms with Gasteiger partial charge in [0.1, 0.15) is 0 Å². The van der Waals surface area contributed by atoms with Crippen LogP contribution in [0.4, 0.5) is 0 Å². The summed E-state index contributed by atoms with van der Waals surface area (Å²) in [4.78, 5) is 24.6. The maximum absolute atomic E-state index is 11.8. The number of rotatable bonds is 2. The predicted molar refractivity (Wildman–Crippen MR) is 63.6 cm³/mol. The molecule has 1 atom stereocenters. The minimum atomic E-state index is -0.827. The van der Waals surface area contributed by atoms with Crippen molar-refractivity contribution < 1.29 is 14.7 Å². The van der Waals surface area contributed by atoms with Gasteiger partial charge in [-0.2, -0.15) is 0 Å². The third-order valence-corrected chi connectivity index (χ3v) is 4.02. The molecule has 0 aromatic carbocycles. The molecule has 4 heteroatoms. The summed E-state index contributed by atoms with van der Waals surface area (Å²) in [6.45, 7) is 0.429. The molecule has 1 amide bonds. The normalized spacial score (nSPS) is 27.9. The van der Waals surface area contributed by atoms with Gasteiger partial charge in [-0.05, 0) is 12.8 Å². The maximum Gasteiger partial charge on any atom is 0.308 e. The highest BCUT2D eigenvalue weighted by Gasteiger charge is 2.37. The van der Waals surface area contributed by atoms with Crippen molar-refractivity contribution in [2.75, 3.05) is 6.54 Å². The number of nitrogens with zero attached hydrogens (tertiary/aromatic N) is 1. The third-order valence-electron chi connectivity index (χ3n) is 4.02. The van der Waals surface area contributed by atoms with Gasteiger partial charge in [0.15, 0.2) is 0 Å². The van der Waals surface area contributed by atoms with Gasteiger partial charge in [0.05, 0.1) is 5.92 Å². The van der Waals surface area contributed by atoms with E-state index >= 15 is 0 Å². The van der Waals surface area contributed by atoms with Crippen molar-refractivity contribution in [1.82, 2.24) is 4.90 Å². The van der Waals surface area contributed by atoms with Crippen LogP contribution in [0.25, 0.3) is 0 Å². The lowest BCUT2D eigenvalue weighted by atomic mass is 9.96. The van der Waals surface area contributed by atoms with Crippen molar-refractivity contribution in [1.29, 1.82) is 0 Å². The third kappa shape index (κ3) is 2.99. The summed E-state index contributed by atoms with van der Waals surface area (Å²) in [6, 6.07) is 0.298. The quantitative estimate of drug-likeness (QED) is 0.802. The lowest BCUT2D eigenvalue weighted by Crippen LogP contribution is -2.37. The fourth-order valence-corrected chi connectivity index (χ4v) is 3.00. The molecule has 0 unspecified atom stereocenters. The Bertz CT molecular complexity index is 295. The molecule has 2 rings (SSSR count). The van der Waals surface area contributed by atoms with E-state index in [2.05, 4.69) is 0 Å². The topological polar surface area (TPSA) is 57.6 Å². The molecule has 0 spiro atoms. The van der Waals surface area contributed by atoms with E-state index in [1.54, 1.807) is 0 Å². The van der Waals surface area contributed by atoms with Crippen LogP contribution in [0, 0.1) is 5.92 Å². The second-order valence-electron chi connectivity index (χ2n) is 5.28. The highest BCUT2D eigenvalue weighted by Crippen LogP contribution is 2.27. The zero-order chi connectivity index (χ0) is 12.3. The summed E-state index contributed by atoms with van der Waals surface area (Å²) in [5, 5.41) is 8.97. The zero-order valence-corrected chi connectivity index (χ0v) is 10.2. The maximum atomic E-state index is 11.8. The van der Waals surface area contributed by atoms with Gasteiger partial charge < -0.3 is 10.0 Å². The second-order valence-corrected chi connectivity index (χ2v) is 5.28. The molecule has 1 saturated heterocycles. The Morgan fingerprint density at radius 3 is 2.24 bits per heavy atom. The number of hydrogen-bond acceptors (Lipinski definition) is 2. The van der Waals surface area contributed by atoms with E-state index in [1.165, 1.54) is 32.1 Å². The van der Waals surface area contributed by atoms with Crippen LogP contribution in [0.15, 0.2) is 0 Å². The number of aliphatic carboxylic acids is 1. The van der Waals surface area contributed by atoms with Gasteiger partial charge in [-0.1, -0.05) is 32.1 Å². The van der Waals surface area contributed by atoms with E-state index in [-0.39, 0.29) is 12.3 Å². The van der Waals surface area contributed by atoms with Crippen molar-refractivity contribution in [2.45, 2.75) is 57.4 Å². The van der Waals surface area contributed by atoms with Gasteiger partial charge >= 0.3 is 5.97 Å². The first-order valence-corrected chi connectivity index (χ1v) is 6.71. The van der Waals surface area contributed by atoms with Gasteiger partial charge in [0, 0.05) is 19.0 Å². The average Bonchev–Trinajstić information content (AvgIpc) is 2.60. The fourth-order valence-electron chi connectivity index (χ4n) is 3.00. The Morgan fingerprint density at radius 1 is 1.12 bits per heavy atom. The standard InChI is InChI=1S/C13H21NO3/c15-12-8-10(13(16)17)9-14(12)11-6-4-2-1-3-5-7-11/h10-11H,1-9H2,(H,16,17)/t10-/m1/s1. The number of amides is 1. The number of carboxylic acids is 1. The van der Waals surface area contributed by atoms with Gasteiger partial charge in [-0.15, -0.1) is 0 Å². The summed E-state index contributed by atoms with van der Waals surface area (Å²) >= 11 is 0. The molecule has 1 N–H and O–H groups in total. The van der Waals surface area contributed by atoms with Crippen LogP contribution in [0.2, 0.25) is 0 Å². The van der Waals surface area contributed by atoms with Crippen molar-refractivity contribution >= 4 is 11.9 Å². The first-order chi connectivity index (χ1) is 8.18. The van der Waals surface area contributed by atoms with Crippen LogP contribution in [0.3, 0.4) is 0 Å². The molecule has 1 heterocycles. The van der Waals surface area contributed by atoms with E-state index < -0.39 is 11.9 Å². The van der Waals surface area contributed by atoms with Crippen LogP contribution in [0.1, 0.15) is 51.4 Å². The summed E-state index contributed by atoms with van der Waals surface area (Å²) in [7, 11) is 0. The predicted octanol–water partition coefficient (Wildman–Crippen LogP) is 2.03. The van der Waals surface area contributed by atoms with Gasteiger partial charge in [-0.3, -0.25) is 9.59 Å². The number of carbonyl (C=O) groups excluding carboxylic acids is 1. The largest absolute Gasteiger partial charge is 0.481 e. The highest BCUT2D eigenvalue weighted by atomic mass is 16.4. The van der Waals surface area contributed by atoms with Crippen molar-refractivity contribution in [3.8, 4) is 0 Å². The summed E-state index contributed by atoms with van der Waals surface area (Å²) in [5.74, 6) is -1.26. The Kier molecular flexibility index (Phi) is 4.02. The van der Waals surface area contributed by atoms with Gasteiger partial charge in [-0.25, -0.2) is 0 Å². The summed E-state index contributed by atoms with van der Waals surface area (Å²) in [6.07, 6.45) is 8.46. The molecule has 1 aliphatic carbocycles. The Balaban J connectivity index is 1.95. The van der Waals surface area contributed by atoms with E-state index in [0.717, 1.165) is 12.8 Å². The molecule has 0 aromatic rings. The molecule has 2 aliphatic rings. The SMILES string of the molecule is O=C(O)[C@@H]1CC(=O)N(C2CCCCCCC2)C1. The van der Waals surface area contributed by atoms with E-state index in [4.69, 9.17) is 5.11 Å². The van der Waals surface area contributed by atoms with Crippen LogP contribution in [-0.2, 0) is 9.59 Å². The Hall–Kier alpha value is -1.06. The van der Waals surface area contributed by atoms with Crippen molar-refractivity contribution in [2.24, 2.45) is 5.92 Å². The first-order valence-electron chi connectivity index (χ1n) is 6.71. The van der Waals surface area contributed by atoms with Gasteiger partial charge in [0.25, 0.3) is 0 Å². The Labute approximate surface area is 102 Å². The molecule has 2 fully saturated rings. The van der Waals surface area contributed by atoms with Crippen LogP contribution >= 0.6 is 0 Å². The van der Waals surface area contributed by atoms with Crippen LogP contribution < -0.4 is 0 Å². The molecule has 17 heavy (non-hydrogen) atoms. The van der Waals surface area contributed by atoms with Crippen molar-refractivity contribution in [3.05, 3.63) is 0 Å². The molecule has 1 saturated carbocycles. The monoisotopic (exact) mass is 239 g/mol. The molecule has 0 aromatic heterocycles. The zero-order valence-electron chi connectivity index (χ0n) is 10.2. The van der Waals surface area contributed by atoms with E-state index in [1.807, 2.05) is 4.90 Å². The second kappa shape index (κ2) is 5.52. The molecule has 4 nitrogen and oxygen atoms in total. The number of carbonyl (C=O) groups is 2. The van der Waals surface area contributed by atoms with E-state index in [9.17, 15) is 9.59 Å². The van der Waals surface area contributed by atoms with Crippen LogP contribution in [0.5, 0.6) is 0 Å². The summed E-state index contributed by atoms with van der Waals surface area (Å²) in [5.41, 5.74) is 0. The Morgan fingerprint density at radius 2 is 1.71 bits per heavy atom. The summed E-state index contributed by atoms with van der Waals surface area (Å²) < 4.78 is 0. The van der Waals surface area contributed by atoms with Crippen LogP contribution in [-0.4, -0.2) is 34.5 Å². The molecule has 0 radical (unpaired) electrons. The van der Waals surface area contributed by atoms with E-state index in [0.29, 0.717) is 12.6 Å². The molecular formula is C13H21NO3. The molecule has 96 valence electrons. The molecule has 1 aliphatic heterocycles. The lowest BCUT2D eigenvalue weighted by molar-refractivity contribution is -0.141. The minimum absolute atomic E-state index is 0.0444. The molecular weight excluding hydrogens is 218 g/mol.